The molecule has 0 bridgehead atoms. The molecule has 0 fully saturated rings. The molecule has 0 radical (unpaired) electrons. The van der Waals surface area contributed by atoms with Crippen molar-refractivity contribution in [2.24, 2.45) is 0 Å². The Labute approximate surface area is 104 Å². The molecular weight excluding hydrogens is 238 g/mol. The van der Waals surface area contributed by atoms with Crippen LogP contribution in [0, 0.1) is 0 Å². The average molecular weight is 255 g/mol. The molecule has 0 atom stereocenters. The summed E-state index contributed by atoms with van der Waals surface area (Å²) in [4.78, 5) is 30.4. The van der Waals surface area contributed by atoms with Crippen LogP contribution >= 0.6 is 0 Å². The highest BCUT2D eigenvalue weighted by molar-refractivity contribution is 5.73. The first-order valence-electron chi connectivity index (χ1n) is 5.37. The van der Waals surface area contributed by atoms with Crippen LogP contribution in [-0.2, 0) is 0 Å². The second-order valence-electron chi connectivity index (χ2n) is 3.67. The lowest BCUT2D eigenvalue weighted by Gasteiger charge is -2.13. The van der Waals surface area contributed by atoms with Gasteiger partial charge in [0.15, 0.2) is 5.82 Å². The number of anilines is 1. The van der Waals surface area contributed by atoms with Gasteiger partial charge in [0, 0.05) is 27.2 Å². The molecule has 0 saturated carbocycles. The van der Waals surface area contributed by atoms with Crippen molar-refractivity contribution in [2.45, 2.75) is 0 Å². The maximum absolute atomic E-state index is 11.4. The second kappa shape index (κ2) is 6.48. The zero-order chi connectivity index (χ0) is 13.5. The fourth-order valence-electron chi connectivity index (χ4n) is 1.21. The summed E-state index contributed by atoms with van der Waals surface area (Å²) in [6.07, 6.45) is 1.28. The van der Waals surface area contributed by atoms with Gasteiger partial charge in [-0.1, -0.05) is 0 Å². The van der Waals surface area contributed by atoms with Crippen molar-refractivity contribution in [3.8, 4) is 5.75 Å². The number of urea groups is 1. The van der Waals surface area contributed by atoms with Gasteiger partial charge >= 0.3 is 6.03 Å². The maximum atomic E-state index is 11.4. The van der Waals surface area contributed by atoms with Crippen LogP contribution in [-0.4, -0.2) is 55.2 Å². The molecule has 8 nitrogen and oxygen atoms in total. The maximum Gasteiger partial charge on any atom is 0.316 e. The summed E-state index contributed by atoms with van der Waals surface area (Å²) < 4.78 is 4.93. The van der Waals surface area contributed by atoms with Crippen molar-refractivity contribution in [1.29, 1.82) is 0 Å². The van der Waals surface area contributed by atoms with Gasteiger partial charge in [-0.2, -0.15) is 0 Å². The first-order valence-corrected chi connectivity index (χ1v) is 5.37. The Kier molecular flexibility index (Phi) is 4.97. The molecule has 3 N–H and O–H groups in total. The van der Waals surface area contributed by atoms with E-state index in [9.17, 15) is 9.59 Å². The molecule has 0 aliphatic heterocycles. The molecule has 1 rings (SSSR count). The van der Waals surface area contributed by atoms with Crippen LogP contribution in [0.2, 0.25) is 0 Å². The van der Waals surface area contributed by atoms with E-state index in [4.69, 9.17) is 4.74 Å². The molecular formula is C10H17N5O3. The number of ether oxygens (including phenoxy) is 1. The quantitative estimate of drug-likeness (QED) is 0.614. The monoisotopic (exact) mass is 255 g/mol. The van der Waals surface area contributed by atoms with E-state index in [0.717, 1.165) is 0 Å². The van der Waals surface area contributed by atoms with Gasteiger partial charge in [0.2, 0.25) is 5.75 Å². The van der Waals surface area contributed by atoms with Gasteiger partial charge in [-0.05, 0) is 0 Å². The van der Waals surface area contributed by atoms with Crippen LogP contribution in [0.4, 0.5) is 10.6 Å². The van der Waals surface area contributed by atoms with Crippen molar-refractivity contribution in [1.82, 2.24) is 20.2 Å². The lowest BCUT2D eigenvalue weighted by atomic mass is 10.5. The van der Waals surface area contributed by atoms with Gasteiger partial charge in [0.25, 0.3) is 5.56 Å². The summed E-state index contributed by atoms with van der Waals surface area (Å²) in [6, 6.07) is -0.178. The number of hydrogen-bond acceptors (Lipinski definition) is 5. The number of amides is 2. The molecule has 0 aliphatic carbocycles. The van der Waals surface area contributed by atoms with Crippen molar-refractivity contribution >= 4 is 11.8 Å². The van der Waals surface area contributed by atoms with Crippen LogP contribution < -0.4 is 20.9 Å². The molecule has 100 valence electrons. The van der Waals surface area contributed by atoms with E-state index in [1.807, 2.05) is 0 Å². The zero-order valence-electron chi connectivity index (χ0n) is 10.6. The first kappa shape index (κ1) is 13.8. The highest BCUT2D eigenvalue weighted by Gasteiger charge is 2.08. The zero-order valence-corrected chi connectivity index (χ0v) is 10.6. The summed E-state index contributed by atoms with van der Waals surface area (Å²) in [6.45, 7) is 0.848. The normalized spacial score (nSPS) is 9.72. The van der Waals surface area contributed by atoms with E-state index >= 15 is 0 Å². The topological polar surface area (TPSA) is 99.3 Å². The summed E-state index contributed by atoms with van der Waals surface area (Å²) in [5.41, 5.74) is -0.354. The number of rotatable bonds is 5. The van der Waals surface area contributed by atoms with Crippen molar-refractivity contribution < 1.29 is 9.53 Å². The fourth-order valence-corrected chi connectivity index (χ4v) is 1.21. The molecule has 0 saturated heterocycles. The first-order chi connectivity index (χ1) is 8.56. The molecule has 2 amide bonds. The molecule has 0 spiro atoms. The number of H-pyrrole nitrogens is 1. The Morgan fingerprint density at radius 1 is 1.50 bits per heavy atom. The highest BCUT2D eigenvalue weighted by Crippen LogP contribution is 2.13. The summed E-state index contributed by atoms with van der Waals surface area (Å²) in [5, 5.41) is 5.58. The van der Waals surface area contributed by atoms with Gasteiger partial charge < -0.3 is 25.3 Å². The number of nitrogens with one attached hydrogen (secondary N) is 3. The van der Waals surface area contributed by atoms with Gasteiger partial charge in [0.05, 0.1) is 13.4 Å². The van der Waals surface area contributed by atoms with E-state index in [0.29, 0.717) is 18.9 Å². The smallest absolute Gasteiger partial charge is 0.316 e. The number of nitrogens with zero attached hydrogens (tertiary/aromatic N) is 2. The average Bonchev–Trinajstić information content (AvgIpc) is 2.34. The predicted octanol–water partition coefficient (Wildman–Crippen LogP) is -0.538. The molecule has 1 aromatic heterocycles. The minimum atomic E-state index is -0.354. The lowest BCUT2D eigenvalue weighted by Crippen LogP contribution is -2.37. The van der Waals surface area contributed by atoms with E-state index < -0.39 is 0 Å². The highest BCUT2D eigenvalue weighted by atomic mass is 16.5. The second-order valence-corrected chi connectivity index (χ2v) is 3.67. The summed E-state index contributed by atoms with van der Waals surface area (Å²) in [7, 11) is 4.71. The van der Waals surface area contributed by atoms with Crippen molar-refractivity contribution in [3.63, 3.8) is 0 Å². The third-order valence-corrected chi connectivity index (χ3v) is 2.11. The SMILES string of the molecule is COc1c(NCCNC(=O)N(C)C)nc[nH]c1=O. The van der Waals surface area contributed by atoms with Gasteiger partial charge in [-0.25, -0.2) is 9.78 Å². The molecule has 0 aromatic carbocycles. The number of methoxy groups -OCH3 is 1. The van der Waals surface area contributed by atoms with Crippen LogP contribution in [0.25, 0.3) is 0 Å². The van der Waals surface area contributed by atoms with Crippen molar-refractivity contribution in [3.05, 3.63) is 16.7 Å². The van der Waals surface area contributed by atoms with Gasteiger partial charge in [-0.3, -0.25) is 4.79 Å². The van der Waals surface area contributed by atoms with E-state index in [1.54, 1.807) is 14.1 Å². The molecule has 18 heavy (non-hydrogen) atoms. The van der Waals surface area contributed by atoms with Gasteiger partial charge in [0.1, 0.15) is 0 Å². The molecule has 0 unspecified atom stereocenters. The van der Waals surface area contributed by atoms with Crippen LogP contribution in [0.5, 0.6) is 5.75 Å². The largest absolute Gasteiger partial charge is 0.489 e. The van der Waals surface area contributed by atoms with Crippen molar-refractivity contribution in [2.75, 3.05) is 39.6 Å². The number of aromatic nitrogens is 2. The summed E-state index contributed by atoms with van der Waals surface area (Å²) >= 11 is 0. The van der Waals surface area contributed by atoms with Crippen LogP contribution in [0.3, 0.4) is 0 Å². The fraction of sp³-hybridized carbons (Fsp3) is 0.500. The van der Waals surface area contributed by atoms with E-state index in [-0.39, 0.29) is 17.3 Å². The Balaban J connectivity index is 2.47. The Bertz CT molecular complexity index is 457. The molecule has 8 heteroatoms. The Hall–Kier alpha value is -2.25. The Morgan fingerprint density at radius 2 is 2.22 bits per heavy atom. The van der Waals surface area contributed by atoms with Gasteiger partial charge in [-0.15, -0.1) is 0 Å². The Morgan fingerprint density at radius 3 is 2.83 bits per heavy atom. The number of aromatic amines is 1. The number of carbonyl (C=O) groups is 1. The molecule has 1 aromatic rings. The molecule has 1 heterocycles. The minimum Gasteiger partial charge on any atom is -0.489 e. The predicted molar refractivity (Wildman–Crippen MR) is 67.0 cm³/mol. The number of carbonyl (C=O) groups excluding carboxylic acids is 1. The standard InChI is InChI=1S/C10H17N5O3/c1-15(2)10(17)12-5-4-11-8-7(18-3)9(16)14-6-13-8/h6H,4-5H2,1-3H3,(H,12,17)(H2,11,13,14,16). The third-order valence-electron chi connectivity index (χ3n) is 2.11. The third kappa shape index (κ3) is 3.65. The minimum absolute atomic E-state index is 0.122. The molecule has 0 aliphatic rings. The number of hydrogen-bond donors (Lipinski definition) is 3. The van der Waals surface area contributed by atoms with Crippen LogP contribution in [0.15, 0.2) is 11.1 Å². The summed E-state index contributed by atoms with van der Waals surface area (Å²) in [5.74, 6) is 0.469. The van der Waals surface area contributed by atoms with E-state index in [1.165, 1.54) is 18.3 Å². The lowest BCUT2D eigenvalue weighted by molar-refractivity contribution is 0.218. The van der Waals surface area contributed by atoms with Crippen LogP contribution in [0.1, 0.15) is 0 Å². The van der Waals surface area contributed by atoms with E-state index in [2.05, 4.69) is 20.6 Å².